The minimum Gasteiger partial charge on any atom is -0.329 e. The van der Waals surface area contributed by atoms with Crippen LogP contribution in [-0.2, 0) is 15.6 Å². The first-order valence-electron chi connectivity index (χ1n) is 10.3. The fraction of sp³-hybridized carbons (Fsp3) is 0.0800. The molecule has 0 spiro atoms. The van der Waals surface area contributed by atoms with E-state index in [1.165, 1.54) is 6.20 Å². The molecule has 0 radical (unpaired) electrons. The fourth-order valence-electron chi connectivity index (χ4n) is 4.08. The summed E-state index contributed by atoms with van der Waals surface area (Å²) in [5, 5.41) is 1.88. The quantitative estimate of drug-likeness (QED) is 0.459. The third-order valence-electron chi connectivity index (χ3n) is 5.59. The standard InChI is InChI=1S/C25H19N3O4S/c29-23(17-6-2-1-3-7-17)18-8-4-10-20(14-18)27-24(30)21-11-13-28-22(21)16-33(31,32)25(28)19-9-5-12-26-15-19/h1-15,25H,16H2,(H,27,30). The van der Waals surface area contributed by atoms with Gasteiger partial charge in [0.15, 0.2) is 21.0 Å². The monoisotopic (exact) mass is 457 g/mol. The highest BCUT2D eigenvalue weighted by atomic mass is 32.2. The molecule has 0 fully saturated rings. The molecule has 2 aromatic carbocycles. The number of benzene rings is 2. The van der Waals surface area contributed by atoms with Crippen molar-refractivity contribution >= 4 is 27.2 Å². The van der Waals surface area contributed by atoms with E-state index >= 15 is 0 Å². The van der Waals surface area contributed by atoms with Crippen LogP contribution in [-0.4, -0.2) is 29.7 Å². The first-order chi connectivity index (χ1) is 15.9. The zero-order valence-electron chi connectivity index (χ0n) is 17.4. The summed E-state index contributed by atoms with van der Waals surface area (Å²) >= 11 is 0. The number of amides is 1. The topological polar surface area (TPSA) is 98.1 Å². The van der Waals surface area contributed by atoms with Crippen LogP contribution in [0.1, 0.15) is 42.9 Å². The number of anilines is 1. The fourth-order valence-corrected chi connectivity index (χ4v) is 6.03. The normalized spacial score (nSPS) is 16.2. The Bertz CT molecular complexity index is 1460. The van der Waals surface area contributed by atoms with Crippen LogP contribution in [0.25, 0.3) is 0 Å². The third-order valence-corrected chi connectivity index (χ3v) is 7.44. The maximum Gasteiger partial charge on any atom is 0.257 e. The lowest BCUT2D eigenvalue weighted by molar-refractivity contribution is 0.102. The average molecular weight is 458 g/mol. The van der Waals surface area contributed by atoms with E-state index in [0.29, 0.717) is 28.1 Å². The van der Waals surface area contributed by atoms with Crippen LogP contribution in [0.15, 0.2) is 91.4 Å². The van der Waals surface area contributed by atoms with Crippen LogP contribution in [0.3, 0.4) is 0 Å². The predicted molar refractivity (Wildman–Crippen MR) is 124 cm³/mol. The van der Waals surface area contributed by atoms with Gasteiger partial charge in [-0.3, -0.25) is 14.6 Å². The molecule has 164 valence electrons. The van der Waals surface area contributed by atoms with Gasteiger partial charge in [0.1, 0.15) is 0 Å². The molecule has 1 aliphatic rings. The predicted octanol–water partition coefficient (Wildman–Crippen LogP) is 3.84. The second-order valence-electron chi connectivity index (χ2n) is 7.76. The molecule has 1 amide bonds. The van der Waals surface area contributed by atoms with E-state index in [4.69, 9.17) is 0 Å². The van der Waals surface area contributed by atoms with Crippen molar-refractivity contribution in [1.82, 2.24) is 9.55 Å². The highest BCUT2D eigenvalue weighted by molar-refractivity contribution is 7.91. The van der Waals surface area contributed by atoms with Gasteiger partial charge in [0.2, 0.25) is 0 Å². The lowest BCUT2D eigenvalue weighted by atomic mass is 10.0. The number of sulfone groups is 1. The summed E-state index contributed by atoms with van der Waals surface area (Å²) in [4.78, 5) is 29.8. The molecule has 8 heteroatoms. The highest BCUT2D eigenvalue weighted by Crippen LogP contribution is 2.37. The van der Waals surface area contributed by atoms with Crippen LogP contribution in [0.4, 0.5) is 5.69 Å². The van der Waals surface area contributed by atoms with E-state index in [1.807, 2.05) is 6.07 Å². The molecular formula is C25H19N3O4S. The summed E-state index contributed by atoms with van der Waals surface area (Å²) in [7, 11) is -3.54. The summed E-state index contributed by atoms with van der Waals surface area (Å²) in [5.74, 6) is -0.827. The van der Waals surface area contributed by atoms with Gasteiger partial charge in [-0.05, 0) is 24.3 Å². The Kier molecular flexibility index (Phi) is 5.14. The van der Waals surface area contributed by atoms with Crippen molar-refractivity contribution in [3.8, 4) is 0 Å². The second kappa shape index (κ2) is 8.14. The molecule has 0 aliphatic carbocycles. The van der Waals surface area contributed by atoms with Gasteiger partial charge in [0, 0.05) is 46.7 Å². The highest BCUT2D eigenvalue weighted by Gasteiger charge is 2.40. The van der Waals surface area contributed by atoms with Crippen LogP contribution in [0.5, 0.6) is 0 Å². The van der Waals surface area contributed by atoms with Gasteiger partial charge in [-0.25, -0.2) is 8.42 Å². The zero-order chi connectivity index (χ0) is 23.0. The molecule has 33 heavy (non-hydrogen) atoms. The molecule has 0 saturated carbocycles. The van der Waals surface area contributed by atoms with Crippen molar-refractivity contribution in [3.05, 3.63) is 119 Å². The summed E-state index contributed by atoms with van der Waals surface area (Å²) in [6.07, 6.45) is 4.71. The Morgan fingerprint density at radius 1 is 0.939 bits per heavy atom. The van der Waals surface area contributed by atoms with E-state index in [9.17, 15) is 18.0 Å². The van der Waals surface area contributed by atoms with Gasteiger partial charge in [-0.15, -0.1) is 0 Å². The number of aromatic nitrogens is 2. The molecule has 0 bridgehead atoms. The molecule has 1 N–H and O–H groups in total. The SMILES string of the molecule is O=C(c1ccccc1)c1cccc(NC(=O)c2ccn3c2CS(=O)(=O)C3c2cccnc2)c1. The number of nitrogens with zero attached hydrogens (tertiary/aromatic N) is 2. The van der Waals surface area contributed by atoms with Crippen molar-refractivity contribution in [2.75, 3.05) is 5.32 Å². The number of carbonyl (C=O) groups is 2. The van der Waals surface area contributed by atoms with E-state index in [1.54, 1.807) is 83.7 Å². The Morgan fingerprint density at radius 2 is 1.73 bits per heavy atom. The number of carbonyl (C=O) groups excluding carboxylic acids is 2. The van der Waals surface area contributed by atoms with Crippen LogP contribution in [0, 0.1) is 0 Å². The van der Waals surface area contributed by atoms with Gasteiger partial charge < -0.3 is 9.88 Å². The van der Waals surface area contributed by atoms with Crippen molar-refractivity contribution < 1.29 is 18.0 Å². The molecular weight excluding hydrogens is 438 g/mol. The van der Waals surface area contributed by atoms with Crippen LogP contribution < -0.4 is 5.32 Å². The molecule has 7 nitrogen and oxygen atoms in total. The smallest absolute Gasteiger partial charge is 0.257 e. The van der Waals surface area contributed by atoms with Gasteiger partial charge in [0.05, 0.1) is 11.3 Å². The van der Waals surface area contributed by atoms with E-state index in [-0.39, 0.29) is 17.1 Å². The van der Waals surface area contributed by atoms with E-state index < -0.39 is 21.1 Å². The minimum absolute atomic E-state index is 0.151. The summed E-state index contributed by atoms with van der Waals surface area (Å²) in [5.41, 5.74) is 2.71. The van der Waals surface area contributed by atoms with Crippen molar-refractivity contribution in [2.45, 2.75) is 11.1 Å². The molecule has 1 unspecified atom stereocenters. The van der Waals surface area contributed by atoms with Gasteiger partial charge in [-0.1, -0.05) is 48.5 Å². The lowest BCUT2D eigenvalue weighted by Gasteiger charge is -2.12. The third kappa shape index (κ3) is 3.85. The maximum atomic E-state index is 13.0. The number of pyridine rings is 1. The Labute approximate surface area is 190 Å². The first-order valence-corrected chi connectivity index (χ1v) is 12.0. The molecule has 5 rings (SSSR count). The average Bonchev–Trinajstić information content (AvgIpc) is 3.33. The van der Waals surface area contributed by atoms with Gasteiger partial charge in [0.25, 0.3) is 5.91 Å². The molecule has 4 aromatic rings. The largest absolute Gasteiger partial charge is 0.329 e. The summed E-state index contributed by atoms with van der Waals surface area (Å²) < 4.78 is 27.3. The molecule has 0 saturated heterocycles. The summed E-state index contributed by atoms with van der Waals surface area (Å²) in [6.45, 7) is 0. The number of nitrogens with one attached hydrogen (secondary N) is 1. The Hall–Kier alpha value is -4.04. The number of hydrogen-bond donors (Lipinski definition) is 1. The maximum absolute atomic E-state index is 13.0. The minimum atomic E-state index is -3.54. The Morgan fingerprint density at radius 3 is 2.48 bits per heavy atom. The van der Waals surface area contributed by atoms with E-state index in [2.05, 4.69) is 10.3 Å². The van der Waals surface area contributed by atoms with Crippen LogP contribution in [0.2, 0.25) is 0 Å². The Balaban J connectivity index is 1.41. The number of fused-ring (bicyclic) bond motifs is 1. The number of rotatable bonds is 5. The molecule has 1 atom stereocenters. The van der Waals surface area contributed by atoms with Crippen molar-refractivity contribution in [3.63, 3.8) is 0 Å². The zero-order valence-corrected chi connectivity index (χ0v) is 18.2. The van der Waals surface area contributed by atoms with Gasteiger partial charge in [-0.2, -0.15) is 0 Å². The second-order valence-corrected chi connectivity index (χ2v) is 9.82. The number of hydrogen-bond acceptors (Lipinski definition) is 5. The first kappa shape index (κ1) is 20.8. The van der Waals surface area contributed by atoms with Crippen molar-refractivity contribution in [2.24, 2.45) is 0 Å². The molecule has 1 aliphatic heterocycles. The summed E-state index contributed by atoms with van der Waals surface area (Å²) in [6, 6.07) is 20.6. The van der Waals surface area contributed by atoms with Crippen LogP contribution >= 0.6 is 0 Å². The van der Waals surface area contributed by atoms with Gasteiger partial charge >= 0.3 is 0 Å². The van der Waals surface area contributed by atoms with Crippen molar-refractivity contribution in [1.29, 1.82) is 0 Å². The number of ketones is 1. The van der Waals surface area contributed by atoms with E-state index in [0.717, 1.165) is 0 Å². The lowest BCUT2D eigenvalue weighted by Crippen LogP contribution is -2.14. The molecule has 3 heterocycles. The molecule has 2 aromatic heterocycles.